The van der Waals surface area contributed by atoms with E-state index in [1.165, 1.54) is 24.3 Å². The van der Waals surface area contributed by atoms with Crippen molar-refractivity contribution in [3.8, 4) is 5.75 Å². The average molecular weight is 239 g/mol. The molecule has 3 nitrogen and oxygen atoms in total. The Morgan fingerprint density at radius 2 is 2.00 bits per heavy atom. The average Bonchev–Trinajstić information content (AvgIpc) is 2.35. The van der Waals surface area contributed by atoms with Crippen LogP contribution < -0.4 is 10.1 Å². The van der Waals surface area contributed by atoms with Crippen LogP contribution in [0.5, 0.6) is 5.75 Å². The molecule has 1 N–H and O–H groups in total. The van der Waals surface area contributed by atoms with Crippen LogP contribution in [0.1, 0.15) is 26.7 Å². The number of nitrogens with one attached hydrogen (secondary N) is 1. The largest absolute Gasteiger partial charge is 0.481 e. The summed E-state index contributed by atoms with van der Waals surface area (Å²) in [5.41, 5.74) is 0. The van der Waals surface area contributed by atoms with E-state index in [9.17, 15) is 9.18 Å². The molecule has 94 valence electrons. The Hall–Kier alpha value is -1.58. The second kappa shape index (κ2) is 6.89. The van der Waals surface area contributed by atoms with Gasteiger partial charge in [0.25, 0.3) is 5.91 Å². The highest BCUT2D eigenvalue weighted by molar-refractivity contribution is 5.81. The molecule has 0 fully saturated rings. The summed E-state index contributed by atoms with van der Waals surface area (Å²) in [4.78, 5) is 11.7. The molecular weight excluding hydrogens is 221 g/mol. The summed E-state index contributed by atoms with van der Waals surface area (Å²) in [5, 5.41) is 2.78. The molecule has 0 saturated heterocycles. The minimum absolute atomic E-state index is 0.126. The number of hydrogen-bond acceptors (Lipinski definition) is 2. The zero-order valence-electron chi connectivity index (χ0n) is 10.2. The first-order valence-electron chi connectivity index (χ1n) is 5.87. The Morgan fingerprint density at radius 3 is 2.53 bits per heavy atom. The van der Waals surface area contributed by atoms with Gasteiger partial charge in [-0.05, 0) is 37.1 Å². The van der Waals surface area contributed by atoms with Crippen LogP contribution in [-0.4, -0.2) is 18.6 Å². The number of carbonyl (C=O) groups excluding carboxylic acids is 1. The fourth-order valence-electron chi connectivity index (χ4n) is 1.36. The van der Waals surface area contributed by atoms with Gasteiger partial charge >= 0.3 is 0 Å². The zero-order valence-corrected chi connectivity index (χ0v) is 10.2. The summed E-state index contributed by atoms with van der Waals surface area (Å²) in [6, 6.07) is 5.66. The first kappa shape index (κ1) is 13.5. The lowest BCUT2D eigenvalue weighted by atomic mass is 10.2. The minimum atomic E-state index is -0.521. The molecule has 0 saturated carbocycles. The third kappa shape index (κ3) is 4.43. The van der Waals surface area contributed by atoms with Crippen molar-refractivity contribution in [3.05, 3.63) is 30.1 Å². The maximum absolute atomic E-state index is 12.7. The number of rotatable bonds is 6. The molecule has 0 aliphatic rings. The zero-order chi connectivity index (χ0) is 12.7. The summed E-state index contributed by atoms with van der Waals surface area (Å²) >= 11 is 0. The lowest BCUT2D eigenvalue weighted by molar-refractivity contribution is -0.128. The van der Waals surface area contributed by atoms with Gasteiger partial charge in [0.05, 0.1) is 0 Å². The molecule has 17 heavy (non-hydrogen) atoms. The molecule has 0 radical (unpaired) electrons. The molecule has 1 aromatic rings. The van der Waals surface area contributed by atoms with Crippen molar-refractivity contribution in [2.75, 3.05) is 6.54 Å². The number of carbonyl (C=O) groups is 1. The Kier molecular flexibility index (Phi) is 5.46. The second-order valence-electron chi connectivity index (χ2n) is 3.76. The van der Waals surface area contributed by atoms with E-state index < -0.39 is 6.10 Å². The van der Waals surface area contributed by atoms with Gasteiger partial charge in [-0.3, -0.25) is 4.79 Å². The highest BCUT2D eigenvalue weighted by Crippen LogP contribution is 2.14. The predicted molar refractivity (Wildman–Crippen MR) is 64.4 cm³/mol. The van der Waals surface area contributed by atoms with Crippen LogP contribution in [0.25, 0.3) is 0 Å². The van der Waals surface area contributed by atoms with Crippen LogP contribution in [-0.2, 0) is 4.79 Å². The molecule has 0 aliphatic carbocycles. The van der Waals surface area contributed by atoms with Crippen molar-refractivity contribution < 1.29 is 13.9 Å². The molecule has 4 heteroatoms. The molecule has 1 rings (SSSR count). The second-order valence-corrected chi connectivity index (χ2v) is 3.76. The summed E-state index contributed by atoms with van der Waals surface area (Å²) in [7, 11) is 0. The summed E-state index contributed by atoms with van der Waals surface area (Å²) in [6.45, 7) is 4.50. The Balaban J connectivity index is 2.57. The van der Waals surface area contributed by atoms with E-state index in [0.29, 0.717) is 18.7 Å². The molecule has 0 heterocycles. The van der Waals surface area contributed by atoms with Gasteiger partial charge in [-0.25, -0.2) is 4.39 Å². The molecule has 0 spiro atoms. The number of hydrogen-bond donors (Lipinski definition) is 1. The highest BCUT2D eigenvalue weighted by Gasteiger charge is 2.17. The van der Waals surface area contributed by atoms with E-state index in [4.69, 9.17) is 4.74 Å². The quantitative estimate of drug-likeness (QED) is 0.828. The smallest absolute Gasteiger partial charge is 0.261 e. The van der Waals surface area contributed by atoms with Crippen LogP contribution >= 0.6 is 0 Å². The van der Waals surface area contributed by atoms with Crippen molar-refractivity contribution in [1.29, 1.82) is 0 Å². The maximum atomic E-state index is 12.7. The van der Waals surface area contributed by atoms with E-state index in [2.05, 4.69) is 5.32 Å². The molecule has 1 amide bonds. The lowest BCUT2D eigenvalue weighted by Crippen LogP contribution is -2.38. The number of ether oxygens (including phenoxy) is 1. The van der Waals surface area contributed by atoms with E-state index in [1.807, 2.05) is 13.8 Å². The first-order valence-corrected chi connectivity index (χ1v) is 5.87. The third-order valence-corrected chi connectivity index (χ3v) is 2.30. The molecule has 0 aliphatic heterocycles. The molecule has 0 aromatic heterocycles. The highest BCUT2D eigenvalue weighted by atomic mass is 19.1. The Labute approximate surface area is 101 Å². The van der Waals surface area contributed by atoms with Gasteiger partial charge in [-0.15, -0.1) is 0 Å². The number of benzene rings is 1. The standard InChI is InChI=1S/C13H18FNO2/c1-3-9-15-13(16)12(4-2)17-11-7-5-10(14)6-8-11/h5-8,12H,3-4,9H2,1-2H3,(H,15,16). The van der Waals surface area contributed by atoms with Crippen LogP contribution in [0.15, 0.2) is 24.3 Å². The predicted octanol–water partition coefficient (Wildman–Crippen LogP) is 2.51. The van der Waals surface area contributed by atoms with Crippen molar-refractivity contribution in [3.63, 3.8) is 0 Å². The van der Waals surface area contributed by atoms with Crippen molar-refractivity contribution in [2.45, 2.75) is 32.8 Å². The summed E-state index contributed by atoms with van der Waals surface area (Å²) in [6.07, 6.45) is 0.943. The SMILES string of the molecule is CCCNC(=O)C(CC)Oc1ccc(F)cc1. The van der Waals surface area contributed by atoms with Gasteiger partial charge in [0.15, 0.2) is 6.10 Å². The molecule has 1 aromatic carbocycles. The minimum Gasteiger partial charge on any atom is -0.481 e. The molecule has 0 bridgehead atoms. The van der Waals surface area contributed by atoms with E-state index >= 15 is 0 Å². The fraction of sp³-hybridized carbons (Fsp3) is 0.462. The Morgan fingerprint density at radius 1 is 1.35 bits per heavy atom. The van der Waals surface area contributed by atoms with Gasteiger partial charge in [-0.1, -0.05) is 13.8 Å². The first-order chi connectivity index (χ1) is 8.17. The maximum Gasteiger partial charge on any atom is 0.261 e. The van der Waals surface area contributed by atoms with Gasteiger partial charge in [-0.2, -0.15) is 0 Å². The number of halogens is 1. The Bertz CT molecular complexity index is 351. The van der Waals surface area contributed by atoms with Gasteiger partial charge in [0.1, 0.15) is 11.6 Å². The van der Waals surface area contributed by atoms with Crippen molar-refractivity contribution in [1.82, 2.24) is 5.32 Å². The van der Waals surface area contributed by atoms with E-state index in [1.54, 1.807) is 0 Å². The lowest BCUT2D eigenvalue weighted by Gasteiger charge is -2.16. The van der Waals surface area contributed by atoms with Gasteiger partial charge in [0.2, 0.25) is 0 Å². The van der Waals surface area contributed by atoms with Crippen LogP contribution in [0.2, 0.25) is 0 Å². The number of amides is 1. The summed E-state index contributed by atoms with van der Waals surface area (Å²) in [5.74, 6) is 0.0596. The fourth-order valence-corrected chi connectivity index (χ4v) is 1.36. The monoisotopic (exact) mass is 239 g/mol. The van der Waals surface area contributed by atoms with E-state index in [0.717, 1.165) is 6.42 Å². The summed E-state index contributed by atoms with van der Waals surface area (Å²) < 4.78 is 18.2. The van der Waals surface area contributed by atoms with Gasteiger partial charge in [0, 0.05) is 6.54 Å². The van der Waals surface area contributed by atoms with E-state index in [-0.39, 0.29) is 11.7 Å². The molecule has 1 unspecified atom stereocenters. The van der Waals surface area contributed by atoms with Crippen molar-refractivity contribution >= 4 is 5.91 Å². The molecular formula is C13H18FNO2. The molecule has 1 atom stereocenters. The van der Waals surface area contributed by atoms with Crippen LogP contribution in [0, 0.1) is 5.82 Å². The topological polar surface area (TPSA) is 38.3 Å². The van der Waals surface area contributed by atoms with Crippen LogP contribution in [0.4, 0.5) is 4.39 Å². The van der Waals surface area contributed by atoms with Crippen LogP contribution in [0.3, 0.4) is 0 Å². The third-order valence-electron chi connectivity index (χ3n) is 2.30. The van der Waals surface area contributed by atoms with Gasteiger partial charge < -0.3 is 10.1 Å². The normalized spacial score (nSPS) is 11.9. The van der Waals surface area contributed by atoms with Crippen molar-refractivity contribution in [2.24, 2.45) is 0 Å².